The second kappa shape index (κ2) is 6.62. The lowest BCUT2D eigenvalue weighted by Crippen LogP contribution is -2.15. The zero-order valence-corrected chi connectivity index (χ0v) is 11.9. The number of carbonyl (C=O) groups is 1. The predicted molar refractivity (Wildman–Crippen MR) is 77.4 cm³/mol. The summed E-state index contributed by atoms with van der Waals surface area (Å²) in [6.45, 7) is 2.71. The van der Waals surface area contributed by atoms with Gasteiger partial charge < -0.3 is 10.7 Å². The Kier molecular flexibility index (Phi) is 4.86. The molecular formula is C12H17ClN6O. The van der Waals surface area contributed by atoms with Crippen LogP contribution in [0.15, 0.2) is 6.33 Å². The molecule has 20 heavy (non-hydrogen) atoms. The molecular weight excluding hydrogens is 280 g/mol. The number of nitrogens with one attached hydrogen (secondary N) is 2. The fraction of sp³-hybridized carbons (Fsp3) is 0.500. The van der Waals surface area contributed by atoms with Crippen molar-refractivity contribution in [2.45, 2.75) is 26.2 Å². The smallest absolute Gasteiger partial charge is 0.233 e. The fourth-order valence-corrected chi connectivity index (χ4v) is 2.07. The molecule has 0 aliphatic heterocycles. The first kappa shape index (κ1) is 14.7. The summed E-state index contributed by atoms with van der Waals surface area (Å²) in [4.78, 5) is 26.8. The van der Waals surface area contributed by atoms with Crippen LogP contribution in [-0.4, -0.2) is 32.4 Å². The van der Waals surface area contributed by atoms with Crippen LogP contribution in [-0.2, 0) is 4.79 Å². The van der Waals surface area contributed by atoms with Gasteiger partial charge in [-0.3, -0.25) is 10.1 Å². The average molecular weight is 297 g/mol. The molecule has 108 valence electrons. The molecule has 7 nitrogen and oxygen atoms in total. The van der Waals surface area contributed by atoms with E-state index in [2.05, 4.69) is 32.2 Å². The second-order valence-electron chi connectivity index (χ2n) is 4.71. The van der Waals surface area contributed by atoms with Crippen LogP contribution in [0.1, 0.15) is 26.2 Å². The maximum Gasteiger partial charge on any atom is 0.233 e. The Labute approximate surface area is 121 Å². The number of nitrogens with two attached hydrogens (primary N) is 1. The topological polar surface area (TPSA) is 110 Å². The third-order valence-electron chi connectivity index (χ3n) is 3.02. The number of H-pyrrole nitrogens is 1. The van der Waals surface area contributed by atoms with Crippen LogP contribution >= 0.6 is 11.6 Å². The molecule has 0 aliphatic rings. The molecule has 0 aliphatic carbocycles. The molecule has 1 atom stereocenters. The van der Waals surface area contributed by atoms with Gasteiger partial charge in [0.1, 0.15) is 5.52 Å². The summed E-state index contributed by atoms with van der Waals surface area (Å²) < 4.78 is 0. The van der Waals surface area contributed by atoms with Crippen molar-refractivity contribution in [1.29, 1.82) is 0 Å². The fourth-order valence-electron chi connectivity index (χ4n) is 1.85. The van der Waals surface area contributed by atoms with Gasteiger partial charge in [-0.2, -0.15) is 9.97 Å². The molecule has 0 aromatic carbocycles. The van der Waals surface area contributed by atoms with Gasteiger partial charge in [0.15, 0.2) is 10.8 Å². The highest BCUT2D eigenvalue weighted by Crippen LogP contribution is 2.18. The monoisotopic (exact) mass is 296 g/mol. The molecule has 1 unspecified atom stereocenters. The quantitative estimate of drug-likeness (QED) is 0.703. The Morgan fingerprint density at radius 1 is 1.50 bits per heavy atom. The first-order valence-electron chi connectivity index (χ1n) is 6.46. The predicted octanol–water partition coefficient (Wildman–Crippen LogP) is 1.71. The van der Waals surface area contributed by atoms with Gasteiger partial charge in [0.25, 0.3) is 0 Å². The molecule has 1 amide bonds. The zero-order chi connectivity index (χ0) is 14.5. The van der Waals surface area contributed by atoms with Crippen LogP contribution in [0.25, 0.3) is 11.2 Å². The molecule has 0 fully saturated rings. The van der Waals surface area contributed by atoms with E-state index in [1.807, 2.05) is 0 Å². The van der Waals surface area contributed by atoms with Gasteiger partial charge >= 0.3 is 0 Å². The van der Waals surface area contributed by atoms with Crippen LogP contribution < -0.4 is 11.1 Å². The van der Waals surface area contributed by atoms with E-state index in [1.165, 1.54) is 6.33 Å². The highest BCUT2D eigenvalue weighted by Gasteiger charge is 2.11. The maximum atomic E-state index is 11.8. The van der Waals surface area contributed by atoms with Crippen molar-refractivity contribution >= 4 is 34.6 Å². The van der Waals surface area contributed by atoms with Crippen molar-refractivity contribution in [2.24, 2.45) is 11.7 Å². The Balaban J connectivity index is 1.95. The minimum atomic E-state index is -0.139. The lowest BCUT2D eigenvalue weighted by Gasteiger charge is -2.09. The van der Waals surface area contributed by atoms with E-state index < -0.39 is 0 Å². The largest absolute Gasteiger partial charge is 0.341 e. The summed E-state index contributed by atoms with van der Waals surface area (Å²) in [6, 6.07) is 0. The molecule has 0 radical (unpaired) electrons. The number of nitrogens with zero attached hydrogens (tertiary/aromatic N) is 3. The SMILES string of the molecule is CC(CCN)CCC(=O)Nc1nc(Cl)c2[nH]cnc2n1. The number of aromatic nitrogens is 4. The first-order chi connectivity index (χ1) is 9.60. The number of hydrogen-bond acceptors (Lipinski definition) is 5. The summed E-state index contributed by atoms with van der Waals surface area (Å²) in [5, 5.41) is 2.87. The normalized spacial score (nSPS) is 12.6. The Hall–Kier alpha value is -1.73. The van der Waals surface area contributed by atoms with Gasteiger partial charge in [-0.05, 0) is 25.3 Å². The number of carbonyl (C=O) groups excluding carboxylic acids is 1. The molecule has 0 bridgehead atoms. The Morgan fingerprint density at radius 2 is 2.30 bits per heavy atom. The molecule has 4 N–H and O–H groups in total. The van der Waals surface area contributed by atoms with Gasteiger partial charge in [0.05, 0.1) is 6.33 Å². The maximum absolute atomic E-state index is 11.8. The first-order valence-corrected chi connectivity index (χ1v) is 6.84. The van der Waals surface area contributed by atoms with E-state index in [-0.39, 0.29) is 17.0 Å². The third kappa shape index (κ3) is 3.64. The molecule has 0 saturated heterocycles. The lowest BCUT2D eigenvalue weighted by atomic mass is 10.0. The summed E-state index contributed by atoms with van der Waals surface area (Å²) in [5.41, 5.74) is 6.46. The van der Waals surface area contributed by atoms with E-state index in [1.54, 1.807) is 0 Å². The van der Waals surface area contributed by atoms with Crippen LogP contribution in [0.3, 0.4) is 0 Å². The number of imidazole rings is 1. The van der Waals surface area contributed by atoms with Crippen LogP contribution in [0, 0.1) is 5.92 Å². The van der Waals surface area contributed by atoms with E-state index in [0.29, 0.717) is 30.0 Å². The number of hydrogen-bond donors (Lipinski definition) is 3. The summed E-state index contributed by atoms with van der Waals surface area (Å²) in [7, 11) is 0. The number of fused-ring (bicyclic) bond motifs is 1. The highest BCUT2D eigenvalue weighted by atomic mass is 35.5. The van der Waals surface area contributed by atoms with Gasteiger partial charge in [-0.1, -0.05) is 18.5 Å². The Bertz CT molecular complexity index is 599. The zero-order valence-electron chi connectivity index (χ0n) is 11.2. The highest BCUT2D eigenvalue weighted by molar-refractivity contribution is 6.33. The second-order valence-corrected chi connectivity index (χ2v) is 5.07. The molecule has 2 heterocycles. The van der Waals surface area contributed by atoms with Crippen molar-refractivity contribution in [3.05, 3.63) is 11.5 Å². The number of anilines is 1. The van der Waals surface area contributed by atoms with Gasteiger partial charge in [-0.25, -0.2) is 4.98 Å². The van der Waals surface area contributed by atoms with Crippen molar-refractivity contribution in [2.75, 3.05) is 11.9 Å². The van der Waals surface area contributed by atoms with Crippen molar-refractivity contribution < 1.29 is 4.79 Å². The molecule has 2 aromatic heterocycles. The third-order valence-corrected chi connectivity index (χ3v) is 3.29. The van der Waals surface area contributed by atoms with E-state index in [4.69, 9.17) is 17.3 Å². The standard InChI is InChI=1S/C12H17ClN6O/c1-7(4-5-14)2-3-8(20)17-12-18-10(13)9-11(19-12)16-6-15-9/h6-7H,2-5,14H2,1H3,(H2,15,16,17,18,19,20). The average Bonchev–Trinajstić information content (AvgIpc) is 2.85. The number of amides is 1. The van der Waals surface area contributed by atoms with Crippen LogP contribution in [0.4, 0.5) is 5.95 Å². The number of rotatable bonds is 6. The van der Waals surface area contributed by atoms with Gasteiger partial charge in [-0.15, -0.1) is 0 Å². The lowest BCUT2D eigenvalue weighted by molar-refractivity contribution is -0.116. The van der Waals surface area contributed by atoms with E-state index in [9.17, 15) is 4.79 Å². The van der Waals surface area contributed by atoms with Crippen molar-refractivity contribution in [3.8, 4) is 0 Å². The van der Waals surface area contributed by atoms with Gasteiger partial charge in [0, 0.05) is 6.42 Å². The van der Waals surface area contributed by atoms with Crippen molar-refractivity contribution in [3.63, 3.8) is 0 Å². The number of halogens is 1. The van der Waals surface area contributed by atoms with Crippen molar-refractivity contribution in [1.82, 2.24) is 19.9 Å². The number of aromatic amines is 1. The minimum absolute atomic E-state index is 0.139. The molecule has 2 aromatic rings. The minimum Gasteiger partial charge on any atom is -0.341 e. The van der Waals surface area contributed by atoms with Crippen LogP contribution in [0.5, 0.6) is 0 Å². The molecule has 0 saturated carbocycles. The van der Waals surface area contributed by atoms with E-state index in [0.717, 1.165) is 12.8 Å². The van der Waals surface area contributed by atoms with Gasteiger partial charge in [0.2, 0.25) is 11.9 Å². The summed E-state index contributed by atoms with van der Waals surface area (Å²) >= 11 is 5.97. The summed E-state index contributed by atoms with van der Waals surface area (Å²) in [5.74, 6) is 0.454. The van der Waals surface area contributed by atoms with Crippen LogP contribution in [0.2, 0.25) is 5.15 Å². The summed E-state index contributed by atoms with van der Waals surface area (Å²) in [6.07, 6.45) is 3.57. The Morgan fingerprint density at radius 3 is 3.05 bits per heavy atom. The molecule has 8 heteroatoms. The van der Waals surface area contributed by atoms with E-state index >= 15 is 0 Å². The molecule has 2 rings (SSSR count). The molecule has 0 spiro atoms.